The summed E-state index contributed by atoms with van der Waals surface area (Å²) in [6.45, 7) is 4.32. The van der Waals surface area contributed by atoms with Gasteiger partial charge in [0.2, 0.25) is 5.91 Å². The first-order valence-corrected chi connectivity index (χ1v) is 8.81. The predicted octanol–water partition coefficient (Wildman–Crippen LogP) is 1.97. The van der Waals surface area contributed by atoms with Crippen molar-refractivity contribution in [3.05, 3.63) is 47.3 Å². The summed E-state index contributed by atoms with van der Waals surface area (Å²) in [6.07, 6.45) is 0.272. The highest BCUT2D eigenvalue weighted by Crippen LogP contribution is 2.18. The molecular weight excluding hydrogens is 326 g/mol. The normalized spacial score (nSPS) is 10.6. The highest BCUT2D eigenvalue weighted by molar-refractivity contribution is 7.99. The third kappa shape index (κ3) is 4.86. The minimum absolute atomic E-state index is 0.0535. The molecule has 0 radical (unpaired) electrons. The Hall–Kier alpha value is -2.28. The van der Waals surface area contributed by atoms with Crippen LogP contribution in [-0.4, -0.2) is 44.8 Å². The van der Waals surface area contributed by atoms with Crippen molar-refractivity contribution in [2.24, 2.45) is 0 Å². The maximum Gasteiger partial charge on any atom is 0.313 e. The van der Waals surface area contributed by atoms with Gasteiger partial charge in [0.05, 0.1) is 23.6 Å². The third-order valence-electron chi connectivity index (χ3n) is 3.57. The first-order valence-electron chi connectivity index (χ1n) is 7.65. The van der Waals surface area contributed by atoms with E-state index in [0.717, 1.165) is 22.6 Å². The molecule has 0 saturated heterocycles. The number of benzene rings is 1. The number of carbonyl (C=O) groups excluding carboxylic acids is 1. The average Bonchev–Trinajstić information content (AvgIpc) is 2.83. The van der Waals surface area contributed by atoms with Gasteiger partial charge in [0.25, 0.3) is 0 Å². The zero-order valence-electron chi connectivity index (χ0n) is 13.8. The fraction of sp³-hybridized carbons (Fsp3) is 0.353. The fourth-order valence-corrected chi connectivity index (χ4v) is 2.96. The summed E-state index contributed by atoms with van der Waals surface area (Å²) in [5, 5.41) is 15.9. The van der Waals surface area contributed by atoms with Crippen LogP contribution in [0.1, 0.15) is 17.0 Å². The number of rotatable bonds is 8. The maximum atomic E-state index is 12.1. The minimum Gasteiger partial charge on any atom is -0.481 e. The van der Waals surface area contributed by atoms with Crippen LogP contribution in [0.2, 0.25) is 0 Å². The number of aryl methyl sites for hydroxylation is 1. The van der Waals surface area contributed by atoms with Crippen molar-refractivity contribution in [2.45, 2.75) is 20.3 Å². The third-order valence-corrected chi connectivity index (χ3v) is 4.52. The van der Waals surface area contributed by atoms with Crippen LogP contribution in [0.25, 0.3) is 5.69 Å². The zero-order chi connectivity index (χ0) is 17.5. The number of nitrogens with zero attached hydrogens (tertiary/aromatic N) is 2. The number of para-hydroxylation sites is 1. The van der Waals surface area contributed by atoms with Gasteiger partial charge in [0.1, 0.15) is 0 Å². The van der Waals surface area contributed by atoms with Gasteiger partial charge in [-0.2, -0.15) is 5.10 Å². The first kappa shape index (κ1) is 18.1. The van der Waals surface area contributed by atoms with Crippen molar-refractivity contribution < 1.29 is 14.7 Å². The Bertz CT molecular complexity index is 713. The number of aliphatic carboxylic acids is 1. The highest BCUT2D eigenvalue weighted by atomic mass is 32.2. The number of thioether (sulfide) groups is 1. The van der Waals surface area contributed by atoms with Gasteiger partial charge in [0, 0.05) is 23.6 Å². The van der Waals surface area contributed by atoms with Gasteiger partial charge >= 0.3 is 5.97 Å². The SMILES string of the molecule is Cc1nn(-c2ccccc2)c(C)c1CC(=O)NCCSCC(=O)O. The van der Waals surface area contributed by atoms with Gasteiger partial charge in [-0.05, 0) is 26.0 Å². The zero-order valence-corrected chi connectivity index (χ0v) is 14.6. The Kier molecular flexibility index (Phi) is 6.43. The number of amides is 1. The second-order valence-corrected chi connectivity index (χ2v) is 6.47. The number of carboxylic acid groups (broad SMARTS) is 1. The topological polar surface area (TPSA) is 84.2 Å². The van der Waals surface area contributed by atoms with E-state index in [1.54, 1.807) is 0 Å². The largest absolute Gasteiger partial charge is 0.481 e. The summed E-state index contributed by atoms with van der Waals surface area (Å²) in [5.41, 5.74) is 3.69. The molecule has 6 nitrogen and oxygen atoms in total. The van der Waals surface area contributed by atoms with Crippen molar-refractivity contribution in [2.75, 3.05) is 18.1 Å². The lowest BCUT2D eigenvalue weighted by molar-refractivity contribution is -0.133. The van der Waals surface area contributed by atoms with E-state index in [4.69, 9.17) is 5.11 Å². The summed E-state index contributed by atoms with van der Waals surface area (Å²) >= 11 is 1.29. The molecule has 0 fully saturated rings. The van der Waals surface area contributed by atoms with Crippen LogP contribution < -0.4 is 5.32 Å². The molecule has 0 aliphatic carbocycles. The van der Waals surface area contributed by atoms with Gasteiger partial charge in [-0.15, -0.1) is 11.8 Å². The molecule has 0 saturated carbocycles. The molecule has 1 aromatic heterocycles. The number of carboxylic acids is 1. The van der Waals surface area contributed by atoms with Crippen LogP contribution in [0, 0.1) is 13.8 Å². The van der Waals surface area contributed by atoms with Crippen LogP contribution in [0.3, 0.4) is 0 Å². The molecule has 2 rings (SSSR count). The van der Waals surface area contributed by atoms with E-state index >= 15 is 0 Å². The molecule has 7 heteroatoms. The second kappa shape index (κ2) is 8.54. The molecule has 1 heterocycles. The van der Waals surface area contributed by atoms with Crippen molar-refractivity contribution in [3.8, 4) is 5.69 Å². The molecule has 0 spiro atoms. The van der Waals surface area contributed by atoms with E-state index < -0.39 is 5.97 Å². The van der Waals surface area contributed by atoms with E-state index in [2.05, 4.69) is 10.4 Å². The van der Waals surface area contributed by atoms with Crippen LogP contribution >= 0.6 is 11.8 Å². The maximum absolute atomic E-state index is 12.1. The summed E-state index contributed by atoms with van der Waals surface area (Å²) in [6, 6.07) is 9.80. The monoisotopic (exact) mass is 347 g/mol. The van der Waals surface area contributed by atoms with E-state index in [1.165, 1.54) is 11.8 Å². The van der Waals surface area contributed by atoms with E-state index in [9.17, 15) is 9.59 Å². The fourth-order valence-electron chi connectivity index (χ4n) is 2.40. The van der Waals surface area contributed by atoms with Gasteiger partial charge in [-0.3, -0.25) is 9.59 Å². The number of hydrogen-bond acceptors (Lipinski definition) is 4. The number of nitrogens with one attached hydrogen (secondary N) is 1. The molecule has 24 heavy (non-hydrogen) atoms. The summed E-state index contributed by atoms with van der Waals surface area (Å²) in [7, 11) is 0. The predicted molar refractivity (Wildman–Crippen MR) is 94.7 cm³/mol. The van der Waals surface area contributed by atoms with Crippen molar-refractivity contribution in [1.29, 1.82) is 0 Å². The van der Waals surface area contributed by atoms with E-state index in [-0.39, 0.29) is 18.1 Å². The van der Waals surface area contributed by atoms with Crippen LogP contribution in [0.15, 0.2) is 30.3 Å². The van der Waals surface area contributed by atoms with Gasteiger partial charge in [0.15, 0.2) is 0 Å². The summed E-state index contributed by atoms with van der Waals surface area (Å²) in [5.74, 6) is -0.285. The average molecular weight is 347 g/mol. The molecule has 2 N–H and O–H groups in total. The molecule has 2 aromatic rings. The Morgan fingerprint density at radius 3 is 2.62 bits per heavy atom. The Morgan fingerprint density at radius 2 is 1.96 bits per heavy atom. The van der Waals surface area contributed by atoms with Crippen LogP contribution in [0.5, 0.6) is 0 Å². The Labute approximate surface area is 145 Å². The minimum atomic E-state index is -0.842. The van der Waals surface area contributed by atoms with Crippen molar-refractivity contribution in [3.63, 3.8) is 0 Å². The number of carbonyl (C=O) groups is 2. The molecule has 0 atom stereocenters. The lowest BCUT2D eigenvalue weighted by atomic mass is 10.1. The van der Waals surface area contributed by atoms with Crippen LogP contribution in [-0.2, 0) is 16.0 Å². The lowest BCUT2D eigenvalue weighted by Gasteiger charge is -2.06. The molecule has 1 aromatic carbocycles. The number of aromatic nitrogens is 2. The van der Waals surface area contributed by atoms with Crippen molar-refractivity contribution in [1.82, 2.24) is 15.1 Å². The molecule has 1 amide bonds. The Balaban J connectivity index is 1.94. The van der Waals surface area contributed by atoms with Gasteiger partial charge in [-0.1, -0.05) is 18.2 Å². The van der Waals surface area contributed by atoms with E-state index in [1.807, 2.05) is 48.9 Å². The highest BCUT2D eigenvalue weighted by Gasteiger charge is 2.15. The van der Waals surface area contributed by atoms with Gasteiger partial charge in [-0.25, -0.2) is 4.68 Å². The quantitative estimate of drug-likeness (QED) is 0.713. The van der Waals surface area contributed by atoms with E-state index in [0.29, 0.717) is 12.3 Å². The molecule has 0 bridgehead atoms. The molecule has 128 valence electrons. The first-order chi connectivity index (χ1) is 11.5. The van der Waals surface area contributed by atoms with Gasteiger partial charge < -0.3 is 10.4 Å². The lowest BCUT2D eigenvalue weighted by Crippen LogP contribution is -2.27. The summed E-state index contributed by atoms with van der Waals surface area (Å²) in [4.78, 5) is 22.5. The van der Waals surface area contributed by atoms with Crippen LogP contribution in [0.4, 0.5) is 0 Å². The Morgan fingerprint density at radius 1 is 1.25 bits per heavy atom. The molecular formula is C17H21N3O3S. The van der Waals surface area contributed by atoms with Crippen molar-refractivity contribution >= 4 is 23.6 Å². The number of hydrogen-bond donors (Lipinski definition) is 2. The molecule has 0 aliphatic heterocycles. The summed E-state index contributed by atoms with van der Waals surface area (Å²) < 4.78 is 1.85. The second-order valence-electron chi connectivity index (χ2n) is 5.37. The standard InChI is InChI=1S/C17H21N3O3S/c1-12-15(10-16(21)18-8-9-24-11-17(22)23)13(2)20(19-12)14-6-4-3-5-7-14/h3-7H,8-11H2,1-2H3,(H,18,21)(H,22,23). The molecule has 0 aliphatic rings. The smallest absolute Gasteiger partial charge is 0.313 e. The molecule has 0 unspecified atom stereocenters.